The quantitative estimate of drug-likeness (QED) is 0.286. The van der Waals surface area contributed by atoms with Gasteiger partial charge in [-0.2, -0.15) is 0 Å². The molecule has 0 spiro atoms. The Morgan fingerprint density at radius 3 is 1.39 bits per heavy atom. The van der Waals surface area contributed by atoms with Crippen molar-refractivity contribution in [2.75, 3.05) is 0 Å². The van der Waals surface area contributed by atoms with Crippen LogP contribution in [-0.2, 0) is 0 Å². The highest BCUT2D eigenvalue weighted by Gasteiger charge is 2.14. The molecule has 0 aliphatic carbocycles. The fourth-order valence-electron chi connectivity index (χ4n) is 4.34. The molecule has 8 heteroatoms. The number of carbonyl (C=O) groups is 2. The number of nitrogens with zero attached hydrogens (tertiary/aromatic N) is 2. The summed E-state index contributed by atoms with van der Waals surface area (Å²) in [6.07, 6.45) is 0. The zero-order chi connectivity index (χ0) is 26.6. The summed E-state index contributed by atoms with van der Waals surface area (Å²) in [4.78, 5) is 57.5. The van der Waals surface area contributed by atoms with Crippen LogP contribution in [0.25, 0.3) is 55.5 Å². The maximum atomic E-state index is 12.6. The van der Waals surface area contributed by atoms with E-state index in [4.69, 9.17) is 8.83 Å². The highest BCUT2D eigenvalue weighted by molar-refractivity contribution is 5.98. The topological polar surface area (TPSA) is 120 Å². The van der Waals surface area contributed by atoms with Gasteiger partial charge in [0.25, 0.3) is 0 Å². The minimum Gasteiger partial charge on any atom is -0.403 e. The fraction of sp³-hybridized carbons (Fsp3) is 0.0667. The molecule has 0 saturated carbocycles. The van der Waals surface area contributed by atoms with E-state index < -0.39 is 11.3 Å². The second kappa shape index (κ2) is 8.70. The van der Waals surface area contributed by atoms with E-state index in [1.165, 1.54) is 26.0 Å². The van der Waals surface area contributed by atoms with Crippen LogP contribution in [0, 0.1) is 0 Å². The maximum absolute atomic E-state index is 12.6. The summed E-state index contributed by atoms with van der Waals surface area (Å²) in [6.45, 7) is 2.86. The summed E-state index contributed by atoms with van der Waals surface area (Å²) in [6, 6.07) is 20.4. The maximum Gasteiger partial charge on any atom is 0.347 e. The van der Waals surface area contributed by atoms with E-state index >= 15 is 0 Å². The molecule has 0 aliphatic heterocycles. The minimum atomic E-state index is -0.573. The van der Waals surface area contributed by atoms with Crippen molar-refractivity contribution in [3.05, 3.63) is 105 Å². The van der Waals surface area contributed by atoms with Crippen molar-refractivity contribution in [1.29, 1.82) is 0 Å². The van der Waals surface area contributed by atoms with E-state index in [1.807, 2.05) is 24.3 Å². The Morgan fingerprint density at radius 2 is 1.00 bits per heavy atom. The van der Waals surface area contributed by atoms with E-state index in [1.54, 1.807) is 36.4 Å². The monoisotopic (exact) mass is 502 g/mol. The van der Waals surface area contributed by atoms with Crippen molar-refractivity contribution in [1.82, 2.24) is 9.97 Å². The van der Waals surface area contributed by atoms with Crippen LogP contribution < -0.4 is 11.3 Å². The lowest BCUT2D eigenvalue weighted by molar-refractivity contribution is 0.100. The molecule has 2 aromatic heterocycles. The van der Waals surface area contributed by atoms with Crippen molar-refractivity contribution in [2.24, 2.45) is 0 Å². The summed E-state index contributed by atoms with van der Waals surface area (Å²) >= 11 is 0. The van der Waals surface area contributed by atoms with Crippen LogP contribution >= 0.6 is 0 Å². The number of aromatic nitrogens is 2. The molecule has 0 radical (unpaired) electrons. The van der Waals surface area contributed by atoms with Gasteiger partial charge in [0.2, 0.25) is 11.8 Å². The normalized spacial score (nSPS) is 11.3. The molecule has 0 aliphatic rings. The summed E-state index contributed by atoms with van der Waals surface area (Å²) in [5.74, 6) is 0.0291. The lowest BCUT2D eigenvalue weighted by Gasteiger charge is -2.07. The molecule has 0 fully saturated rings. The third-order valence-electron chi connectivity index (χ3n) is 6.40. The third-order valence-corrected chi connectivity index (χ3v) is 6.40. The van der Waals surface area contributed by atoms with Crippen LogP contribution in [0.15, 0.2) is 91.2 Å². The number of hydrogen-bond acceptors (Lipinski definition) is 8. The number of rotatable bonds is 4. The Labute approximate surface area is 214 Å². The molecule has 38 heavy (non-hydrogen) atoms. The van der Waals surface area contributed by atoms with E-state index in [9.17, 15) is 19.2 Å². The molecule has 0 unspecified atom stereocenters. The number of hydrogen-bond donors (Lipinski definition) is 0. The first-order valence-corrected chi connectivity index (χ1v) is 11.7. The average molecular weight is 502 g/mol. The molecule has 0 atom stereocenters. The Hall–Kier alpha value is -5.24. The zero-order valence-corrected chi connectivity index (χ0v) is 20.3. The van der Waals surface area contributed by atoms with Crippen LogP contribution in [0.2, 0.25) is 0 Å². The highest BCUT2D eigenvalue weighted by Crippen LogP contribution is 2.28. The predicted octanol–water partition coefficient (Wildman–Crippen LogP) is 5.58. The highest BCUT2D eigenvalue weighted by atomic mass is 16.4. The van der Waals surface area contributed by atoms with E-state index in [0.29, 0.717) is 33.3 Å². The molecule has 0 bridgehead atoms. The Morgan fingerprint density at radius 1 is 0.579 bits per heavy atom. The molecular weight excluding hydrogens is 484 g/mol. The number of Topliss-reactive ketones (excluding diaryl/α,β-unsaturated/α-hetero) is 2. The third kappa shape index (κ3) is 3.98. The van der Waals surface area contributed by atoms with Gasteiger partial charge < -0.3 is 8.83 Å². The molecule has 6 rings (SSSR count). The lowest BCUT2D eigenvalue weighted by Crippen LogP contribution is -2.05. The van der Waals surface area contributed by atoms with Crippen molar-refractivity contribution in [3.63, 3.8) is 0 Å². The van der Waals surface area contributed by atoms with Gasteiger partial charge in [-0.3, -0.25) is 9.59 Å². The molecule has 0 N–H and O–H groups in total. The first-order valence-electron chi connectivity index (χ1n) is 11.7. The summed E-state index contributed by atoms with van der Waals surface area (Å²) in [5, 5.41) is 2.18. The van der Waals surface area contributed by atoms with Gasteiger partial charge in [0.15, 0.2) is 11.6 Å². The van der Waals surface area contributed by atoms with Gasteiger partial charge in [-0.15, -0.1) is 0 Å². The second-order valence-electron chi connectivity index (χ2n) is 8.97. The van der Waals surface area contributed by atoms with Gasteiger partial charge in [-0.1, -0.05) is 12.1 Å². The van der Waals surface area contributed by atoms with Crippen LogP contribution in [-0.4, -0.2) is 21.5 Å². The molecule has 0 saturated heterocycles. The first-order chi connectivity index (χ1) is 18.3. The van der Waals surface area contributed by atoms with Crippen LogP contribution in [0.3, 0.4) is 0 Å². The van der Waals surface area contributed by atoms with Gasteiger partial charge in [-0.25, -0.2) is 19.6 Å². The Balaban J connectivity index is 1.39. The summed E-state index contributed by atoms with van der Waals surface area (Å²) in [7, 11) is 0. The number of carbonyl (C=O) groups excluding carboxylic acids is 2. The largest absolute Gasteiger partial charge is 0.403 e. The molecular formula is C30H18N2O6. The van der Waals surface area contributed by atoms with Crippen molar-refractivity contribution < 1.29 is 18.4 Å². The van der Waals surface area contributed by atoms with E-state index in [0.717, 1.165) is 10.8 Å². The Bertz CT molecular complexity index is 1940. The van der Waals surface area contributed by atoms with Gasteiger partial charge in [0.05, 0.1) is 21.8 Å². The van der Waals surface area contributed by atoms with Crippen molar-refractivity contribution in [2.45, 2.75) is 13.8 Å². The average Bonchev–Trinajstić information content (AvgIpc) is 2.91. The number of benzene rings is 4. The number of ketones is 2. The molecule has 6 aromatic rings. The van der Waals surface area contributed by atoms with Gasteiger partial charge in [0, 0.05) is 22.3 Å². The SMILES string of the molecule is CC(=O)c1ccc2nc(-c3ccc4cc(-c5nc6ccc(C(C)=O)cc6c(=O)o5)ccc4c3)oc(=O)c2c1. The first kappa shape index (κ1) is 23.2. The van der Waals surface area contributed by atoms with Crippen LogP contribution in [0.4, 0.5) is 0 Å². The van der Waals surface area contributed by atoms with Crippen LogP contribution in [0.5, 0.6) is 0 Å². The lowest BCUT2D eigenvalue weighted by atomic mass is 10.0. The smallest absolute Gasteiger partial charge is 0.347 e. The predicted molar refractivity (Wildman–Crippen MR) is 143 cm³/mol. The number of fused-ring (bicyclic) bond motifs is 3. The van der Waals surface area contributed by atoms with Gasteiger partial charge >= 0.3 is 11.3 Å². The van der Waals surface area contributed by atoms with Crippen molar-refractivity contribution >= 4 is 44.1 Å². The second-order valence-corrected chi connectivity index (χ2v) is 8.97. The minimum absolute atomic E-state index is 0.149. The Kier molecular flexibility index (Phi) is 5.31. The van der Waals surface area contributed by atoms with E-state index in [2.05, 4.69) is 9.97 Å². The zero-order valence-electron chi connectivity index (χ0n) is 20.3. The fourth-order valence-corrected chi connectivity index (χ4v) is 4.34. The van der Waals surface area contributed by atoms with Crippen LogP contribution in [0.1, 0.15) is 34.6 Å². The molecule has 0 amide bonds. The molecule has 184 valence electrons. The molecule has 2 heterocycles. The molecule has 4 aromatic carbocycles. The summed E-state index contributed by atoms with van der Waals surface area (Å²) < 4.78 is 10.9. The van der Waals surface area contributed by atoms with Gasteiger partial charge in [-0.05, 0) is 85.3 Å². The van der Waals surface area contributed by atoms with Crippen molar-refractivity contribution in [3.8, 4) is 22.9 Å². The standard InChI is InChI=1S/C30H18N2O6/c1-15(33)17-7-9-25-23(13-17)29(35)37-27(31-25)21-5-3-20-12-22(6-4-19(20)11-21)28-32-26-10-8-18(16(2)34)14-24(26)30(36)38-28/h3-14H,1-2H3. The van der Waals surface area contributed by atoms with Gasteiger partial charge in [0.1, 0.15) is 0 Å². The summed E-state index contributed by atoms with van der Waals surface area (Å²) in [5.41, 5.74) is 1.77. The molecule has 8 nitrogen and oxygen atoms in total. The van der Waals surface area contributed by atoms with E-state index in [-0.39, 0.29) is 34.1 Å².